The molecule has 0 heterocycles. The summed E-state index contributed by atoms with van der Waals surface area (Å²) < 4.78 is 0. The Morgan fingerprint density at radius 3 is 2.53 bits per heavy atom. The van der Waals surface area contributed by atoms with Gasteiger partial charge in [-0.3, -0.25) is 0 Å². The summed E-state index contributed by atoms with van der Waals surface area (Å²) in [6.07, 6.45) is 0. The van der Waals surface area contributed by atoms with Crippen LogP contribution in [0.1, 0.15) is 26.3 Å². The fraction of sp³-hybridized carbons (Fsp3) is 0.600. The van der Waals surface area contributed by atoms with Crippen LogP contribution in [-0.2, 0) is 6.54 Å². The van der Waals surface area contributed by atoms with Crippen LogP contribution in [0.15, 0.2) is 23.1 Å². The number of hydrogen-bond acceptors (Lipinski definition) is 3. The molecule has 108 valence electrons. The molecule has 4 heteroatoms. The van der Waals surface area contributed by atoms with Crippen LogP contribution < -0.4 is 5.32 Å². The van der Waals surface area contributed by atoms with E-state index in [2.05, 4.69) is 49.2 Å². The summed E-state index contributed by atoms with van der Waals surface area (Å²) in [7, 11) is 0. The molecule has 0 aromatic heterocycles. The molecule has 19 heavy (non-hydrogen) atoms. The van der Waals surface area contributed by atoms with Gasteiger partial charge in [0.15, 0.2) is 0 Å². The van der Waals surface area contributed by atoms with Gasteiger partial charge in [-0.2, -0.15) is 0 Å². The minimum Gasteiger partial charge on any atom is -0.313 e. The van der Waals surface area contributed by atoms with Crippen molar-refractivity contribution in [2.45, 2.75) is 32.2 Å². The highest BCUT2D eigenvalue weighted by Gasteiger charge is 2.03. The predicted molar refractivity (Wildman–Crippen MR) is 87.3 cm³/mol. The molecule has 0 bridgehead atoms. The summed E-state index contributed by atoms with van der Waals surface area (Å²) in [5.74, 6) is 1.12. The molecule has 0 atom stereocenters. The largest absolute Gasteiger partial charge is 0.313 e. The topological polar surface area (TPSA) is 15.3 Å². The lowest BCUT2D eigenvalue weighted by atomic mass is 10.2. The Morgan fingerprint density at radius 2 is 1.95 bits per heavy atom. The first kappa shape index (κ1) is 16.8. The highest BCUT2D eigenvalue weighted by molar-refractivity contribution is 7.99. The van der Waals surface area contributed by atoms with Gasteiger partial charge < -0.3 is 10.2 Å². The molecule has 0 amide bonds. The minimum atomic E-state index is 0.847. The summed E-state index contributed by atoms with van der Waals surface area (Å²) >= 11 is 8.18. The van der Waals surface area contributed by atoms with Crippen molar-refractivity contribution in [1.82, 2.24) is 10.2 Å². The molecule has 0 saturated heterocycles. The fourth-order valence-electron chi connectivity index (χ4n) is 1.85. The summed E-state index contributed by atoms with van der Waals surface area (Å²) in [6.45, 7) is 11.7. The molecule has 0 saturated carbocycles. The maximum absolute atomic E-state index is 6.30. The third-order valence-corrected chi connectivity index (χ3v) is 4.49. The van der Waals surface area contributed by atoms with Gasteiger partial charge in [0.25, 0.3) is 0 Å². The van der Waals surface area contributed by atoms with Crippen molar-refractivity contribution < 1.29 is 0 Å². The third kappa shape index (κ3) is 6.17. The van der Waals surface area contributed by atoms with Crippen LogP contribution in [0.4, 0.5) is 0 Å². The molecular formula is C15H25ClN2S. The van der Waals surface area contributed by atoms with E-state index in [1.807, 2.05) is 11.8 Å². The monoisotopic (exact) mass is 300 g/mol. The van der Waals surface area contributed by atoms with E-state index in [0.717, 1.165) is 43.5 Å². The molecule has 2 nitrogen and oxygen atoms in total. The average Bonchev–Trinajstić information content (AvgIpc) is 2.43. The van der Waals surface area contributed by atoms with Crippen LogP contribution >= 0.6 is 23.4 Å². The molecule has 0 aliphatic heterocycles. The van der Waals surface area contributed by atoms with Crippen LogP contribution in [0.5, 0.6) is 0 Å². The number of halogens is 1. The van der Waals surface area contributed by atoms with Crippen molar-refractivity contribution in [3.63, 3.8) is 0 Å². The quantitative estimate of drug-likeness (QED) is 0.697. The van der Waals surface area contributed by atoms with Crippen molar-refractivity contribution in [3.05, 3.63) is 28.8 Å². The standard InChI is InChI=1S/C15H25ClN2S/c1-4-17-12-13-7-8-14(11-15(13)16)19-10-9-18(5-2)6-3/h7-8,11,17H,4-6,9-10,12H2,1-3H3. The smallest absolute Gasteiger partial charge is 0.0462 e. The van der Waals surface area contributed by atoms with E-state index in [1.54, 1.807) is 0 Å². The second kappa shape index (κ2) is 9.65. The highest BCUT2D eigenvalue weighted by Crippen LogP contribution is 2.25. The van der Waals surface area contributed by atoms with Crippen LogP contribution in [-0.4, -0.2) is 36.8 Å². The molecule has 1 rings (SSSR count). The maximum Gasteiger partial charge on any atom is 0.0462 e. The molecule has 1 aromatic carbocycles. The number of nitrogens with zero attached hydrogens (tertiary/aromatic N) is 1. The number of rotatable bonds is 9. The van der Waals surface area contributed by atoms with Gasteiger partial charge in [0.1, 0.15) is 0 Å². The lowest BCUT2D eigenvalue weighted by Gasteiger charge is -2.17. The first-order chi connectivity index (χ1) is 9.21. The van der Waals surface area contributed by atoms with E-state index in [4.69, 9.17) is 11.6 Å². The summed E-state index contributed by atoms with van der Waals surface area (Å²) in [5.41, 5.74) is 1.18. The van der Waals surface area contributed by atoms with Crippen LogP contribution in [0.3, 0.4) is 0 Å². The van der Waals surface area contributed by atoms with E-state index in [-0.39, 0.29) is 0 Å². The van der Waals surface area contributed by atoms with E-state index in [9.17, 15) is 0 Å². The number of hydrogen-bond donors (Lipinski definition) is 1. The van der Waals surface area contributed by atoms with Gasteiger partial charge in [-0.25, -0.2) is 0 Å². The zero-order valence-electron chi connectivity index (χ0n) is 12.2. The van der Waals surface area contributed by atoms with Gasteiger partial charge in [0, 0.05) is 28.8 Å². The molecule has 1 N–H and O–H groups in total. The first-order valence-electron chi connectivity index (χ1n) is 7.05. The van der Waals surface area contributed by atoms with Gasteiger partial charge in [-0.05, 0) is 37.3 Å². The third-order valence-electron chi connectivity index (χ3n) is 3.16. The van der Waals surface area contributed by atoms with E-state index in [1.165, 1.54) is 10.5 Å². The molecule has 0 aliphatic carbocycles. The summed E-state index contributed by atoms with van der Waals surface area (Å²) in [6, 6.07) is 6.39. The second-order valence-corrected chi connectivity index (χ2v) is 5.98. The Bertz CT molecular complexity index is 367. The maximum atomic E-state index is 6.30. The number of thioether (sulfide) groups is 1. The van der Waals surface area contributed by atoms with Gasteiger partial charge in [-0.15, -0.1) is 11.8 Å². The molecule has 0 spiro atoms. The van der Waals surface area contributed by atoms with Crippen LogP contribution in [0.25, 0.3) is 0 Å². The van der Waals surface area contributed by atoms with Gasteiger partial charge in [-0.1, -0.05) is 38.4 Å². The van der Waals surface area contributed by atoms with Gasteiger partial charge in [0.2, 0.25) is 0 Å². The van der Waals surface area contributed by atoms with Crippen molar-refractivity contribution in [1.29, 1.82) is 0 Å². The molecule has 0 radical (unpaired) electrons. The van der Waals surface area contributed by atoms with Crippen molar-refractivity contribution >= 4 is 23.4 Å². The fourth-order valence-corrected chi connectivity index (χ4v) is 3.12. The van der Waals surface area contributed by atoms with E-state index in [0.29, 0.717) is 0 Å². The van der Waals surface area contributed by atoms with Crippen molar-refractivity contribution in [2.24, 2.45) is 0 Å². The first-order valence-corrected chi connectivity index (χ1v) is 8.41. The molecular weight excluding hydrogens is 276 g/mol. The van der Waals surface area contributed by atoms with Gasteiger partial charge in [0.05, 0.1) is 0 Å². The van der Waals surface area contributed by atoms with Crippen LogP contribution in [0, 0.1) is 0 Å². The van der Waals surface area contributed by atoms with Gasteiger partial charge >= 0.3 is 0 Å². The molecule has 0 aliphatic rings. The lowest BCUT2D eigenvalue weighted by Crippen LogP contribution is -2.25. The van der Waals surface area contributed by atoms with E-state index < -0.39 is 0 Å². The van der Waals surface area contributed by atoms with Crippen LogP contribution in [0.2, 0.25) is 5.02 Å². The van der Waals surface area contributed by atoms with Crippen molar-refractivity contribution in [3.8, 4) is 0 Å². The Hall–Kier alpha value is -0.220. The molecule has 1 aromatic rings. The Kier molecular flexibility index (Phi) is 8.55. The number of nitrogens with one attached hydrogen (secondary N) is 1. The van der Waals surface area contributed by atoms with E-state index >= 15 is 0 Å². The summed E-state index contributed by atoms with van der Waals surface area (Å²) in [4.78, 5) is 3.70. The average molecular weight is 301 g/mol. The molecule has 0 fully saturated rings. The Morgan fingerprint density at radius 1 is 1.21 bits per heavy atom. The normalized spacial score (nSPS) is 11.2. The molecule has 0 unspecified atom stereocenters. The zero-order valence-corrected chi connectivity index (χ0v) is 13.8. The zero-order chi connectivity index (χ0) is 14.1. The SMILES string of the molecule is CCNCc1ccc(SCCN(CC)CC)cc1Cl. The number of benzene rings is 1. The second-order valence-electron chi connectivity index (χ2n) is 4.41. The highest BCUT2D eigenvalue weighted by atomic mass is 35.5. The Labute approximate surface area is 126 Å². The Balaban J connectivity index is 2.44. The summed E-state index contributed by atoms with van der Waals surface area (Å²) in [5, 5.41) is 4.17. The minimum absolute atomic E-state index is 0.847. The lowest BCUT2D eigenvalue weighted by molar-refractivity contribution is 0.324. The van der Waals surface area contributed by atoms with Crippen molar-refractivity contribution in [2.75, 3.05) is 31.9 Å². The predicted octanol–water partition coefficient (Wildman–Crippen LogP) is 3.88.